The van der Waals surface area contributed by atoms with Crippen molar-refractivity contribution >= 4 is 23.2 Å². The van der Waals surface area contributed by atoms with E-state index in [9.17, 15) is 18.0 Å². The highest BCUT2D eigenvalue weighted by Crippen LogP contribution is 2.30. The van der Waals surface area contributed by atoms with Gasteiger partial charge < -0.3 is 5.32 Å². The summed E-state index contributed by atoms with van der Waals surface area (Å²) in [4.78, 5) is 16.4. The highest BCUT2D eigenvalue weighted by Gasteiger charge is 2.30. The largest absolute Gasteiger partial charge is 0.416 e. The number of hydrogen-bond acceptors (Lipinski definition) is 3. The number of anilines is 1. The number of alkyl halides is 3. The number of halogens is 4. The molecule has 0 radical (unpaired) electrons. The summed E-state index contributed by atoms with van der Waals surface area (Å²) in [5, 5.41) is 6.66. The number of carbonyl (C=O) groups excluding carboxylic acids is 1. The lowest BCUT2D eigenvalue weighted by Gasteiger charge is -2.12. The van der Waals surface area contributed by atoms with Crippen LogP contribution in [0.25, 0.3) is 5.69 Å². The van der Waals surface area contributed by atoms with Crippen molar-refractivity contribution in [2.45, 2.75) is 6.18 Å². The average Bonchev–Trinajstić information content (AvgIpc) is 3.08. The van der Waals surface area contributed by atoms with Crippen LogP contribution in [0, 0.1) is 0 Å². The van der Waals surface area contributed by atoms with Crippen molar-refractivity contribution in [3.63, 3.8) is 0 Å². The molecule has 128 valence electrons. The van der Waals surface area contributed by atoms with E-state index in [-0.39, 0.29) is 16.3 Å². The zero-order valence-corrected chi connectivity index (χ0v) is 13.2. The Morgan fingerprint density at radius 1 is 1.12 bits per heavy atom. The lowest BCUT2D eigenvalue weighted by molar-refractivity contribution is -0.137. The third kappa shape index (κ3) is 3.63. The van der Waals surface area contributed by atoms with Crippen LogP contribution in [0.5, 0.6) is 0 Å². The number of rotatable bonds is 3. The SMILES string of the molecule is O=C(Nc1ccc(C(F)(F)F)cc1)c1c(Cl)cccc1-n1cncn1. The molecular formula is C16H10ClF3N4O. The molecule has 0 aliphatic rings. The Hall–Kier alpha value is -2.87. The van der Waals surface area contributed by atoms with Crippen LogP contribution >= 0.6 is 11.6 Å². The third-order valence-corrected chi connectivity index (χ3v) is 3.67. The summed E-state index contributed by atoms with van der Waals surface area (Å²) in [5.41, 5.74) is -0.0574. The molecular weight excluding hydrogens is 357 g/mol. The van der Waals surface area contributed by atoms with E-state index in [1.54, 1.807) is 12.1 Å². The van der Waals surface area contributed by atoms with Crippen molar-refractivity contribution in [2.75, 3.05) is 5.32 Å². The second-order valence-corrected chi connectivity index (χ2v) is 5.41. The Kier molecular flexibility index (Phi) is 4.45. The quantitative estimate of drug-likeness (QED) is 0.756. The summed E-state index contributed by atoms with van der Waals surface area (Å²) in [6, 6.07) is 8.93. The molecule has 0 saturated carbocycles. The van der Waals surface area contributed by atoms with Gasteiger partial charge in [-0.05, 0) is 36.4 Å². The molecule has 0 saturated heterocycles. The van der Waals surface area contributed by atoms with Crippen LogP contribution in [0.2, 0.25) is 5.02 Å². The monoisotopic (exact) mass is 366 g/mol. The molecule has 0 aliphatic carbocycles. The average molecular weight is 367 g/mol. The molecule has 0 bridgehead atoms. The minimum absolute atomic E-state index is 0.134. The Bertz CT molecular complexity index is 893. The fourth-order valence-corrected chi connectivity index (χ4v) is 2.45. The predicted molar refractivity (Wildman–Crippen MR) is 85.8 cm³/mol. The molecule has 0 spiro atoms. The lowest BCUT2D eigenvalue weighted by atomic mass is 10.1. The topological polar surface area (TPSA) is 59.8 Å². The fraction of sp³-hybridized carbons (Fsp3) is 0.0625. The second-order valence-electron chi connectivity index (χ2n) is 5.00. The number of nitrogens with one attached hydrogen (secondary N) is 1. The zero-order chi connectivity index (χ0) is 18.0. The minimum atomic E-state index is -4.44. The maximum atomic E-state index is 12.6. The maximum Gasteiger partial charge on any atom is 0.416 e. The fourth-order valence-electron chi connectivity index (χ4n) is 2.20. The van der Waals surface area contributed by atoms with Gasteiger partial charge in [-0.3, -0.25) is 4.79 Å². The molecule has 3 aromatic rings. The molecule has 1 N–H and O–H groups in total. The summed E-state index contributed by atoms with van der Waals surface area (Å²) < 4.78 is 39.1. The molecule has 0 fully saturated rings. The van der Waals surface area contributed by atoms with Crippen LogP contribution in [0.3, 0.4) is 0 Å². The molecule has 1 aromatic heterocycles. The van der Waals surface area contributed by atoms with Crippen molar-refractivity contribution in [3.05, 3.63) is 71.3 Å². The first-order chi connectivity index (χ1) is 11.9. The number of carbonyl (C=O) groups is 1. The molecule has 1 heterocycles. The minimum Gasteiger partial charge on any atom is -0.322 e. The van der Waals surface area contributed by atoms with Crippen LogP contribution in [0.4, 0.5) is 18.9 Å². The first-order valence-corrected chi connectivity index (χ1v) is 7.36. The third-order valence-electron chi connectivity index (χ3n) is 3.35. The molecule has 9 heteroatoms. The van der Waals surface area contributed by atoms with E-state index in [2.05, 4.69) is 15.4 Å². The van der Waals surface area contributed by atoms with Gasteiger partial charge in [0.05, 0.1) is 21.8 Å². The van der Waals surface area contributed by atoms with Crippen molar-refractivity contribution < 1.29 is 18.0 Å². The number of aromatic nitrogens is 3. The van der Waals surface area contributed by atoms with Crippen molar-refractivity contribution in [1.29, 1.82) is 0 Å². The Balaban J connectivity index is 1.90. The van der Waals surface area contributed by atoms with Gasteiger partial charge in [-0.25, -0.2) is 9.67 Å². The maximum absolute atomic E-state index is 12.6. The van der Waals surface area contributed by atoms with Crippen LogP contribution in [0.15, 0.2) is 55.1 Å². The Labute approximate surface area is 145 Å². The smallest absolute Gasteiger partial charge is 0.322 e. The van der Waals surface area contributed by atoms with Gasteiger partial charge in [-0.1, -0.05) is 17.7 Å². The van der Waals surface area contributed by atoms with E-state index in [0.29, 0.717) is 5.69 Å². The van der Waals surface area contributed by atoms with Crippen LogP contribution in [0.1, 0.15) is 15.9 Å². The van der Waals surface area contributed by atoms with E-state index < -0.39 is 17.6 Å². The number of amides is 1. The van der Waals surface area contributed by atoms with E-state index in [0.717, 1.165) is 12.1 Å². The summed E-state index contributed by atoms with van der Waals surface area (Å²) >= 11 is 6.12. The first-order valence-electron chi connectivity index (χ1n) is 6.98. The molecule has 25 heavy (non-hydrogen) atoms. The van der Waals surface area contributed by atoms with Crippen LogP contribution in [-0.4, -0.2) is 20.7 Å². The van der Waals surface area contributed by atoms with Crippen molar-refractivity contribution in [3.8, 4) is 5.69 Å². The molecule has 2 aromatic carbocycles. The van der Waals surface area contributed by atoms with Gasteiger partial charge in [0.25, 0.3) is 5.91 Å². The molecule has 0 aliphatic heterocycles. The van der Waals surface area contributed by atoms with Gasteiger partial charge in [-0.2, -0.15) is 18.3 Å². The zero-order valence-electron chi connectivity index (χ0n) is 12.5. The predicted octanol–water partition coefficient (Wildman–Crippen LogP) is 4.19. The highest BCUT2D eigenvalue weighted by atomic mass is 35.5. The van der Waals surface area contributed by atoms with Gasteiger partial charge in [0, 0.05) is 5.69 Å². The number of hydrogen-bond donors (Lipinski definition) is 1. The van der Waals surface area contributed by atoms with Gasteiger partial charge in [-0.15, -0.1) is 0 Å². The summed E-state index contributed by atoms with van der Waals surface area (Å²) in [6.07, 6.45) is -1.73. The van der Waals surface area contributed by atoms with Gasteiger partial charge >= 0.3 is 6.18 Å². The Morgan fingerprint density at radius 2 is 1.84 bits per heavy atom. The van der Waals surface area contributed by atoms with Gasteiger partial charge in [0.2, 0.25) is 0 Å². The van der Waals surface area contributed by atoms with Gasteiger partial charge in [0.1, 0.15) is 12.7 Å². The normalized spacial score (nSPS) is 11.4. The van der Waals surface area contributed by atoms with Crippen LogP contribution < -0.4 is 5.32 Å². The summed E-state index contributed by atoms with van der Waals surface area (Å²) in [5.74, 6) is -0.573. The molecule has 3 rings (SSSR count). The molecule has 0 atom stereocenters. The summed E-state index contributed by atoms with van der Waals surface area (Å²) in [7, 11) is 0. The molecule has 5 nitrogen and oxygen atoms in total. The highest BCUT2D eigenvalue weighted by molar-refractivity contribution is 6.35. The van der Waals surface area contributed by atoms with Gasteiger partial charge in [0.15, 0.2) is 0 Å². The first kappa shape index (κ1) is 17.0. The molecule has 0 unspecified atom stereocenters. The van der Waals surface area contributed by atoms with E-state index in [4.69, 9.17) is 11.6 Å². The van der Waals surface area contributed by atoms with Crippen molar-refractivity contribution in [1.82, 2.24) is 14.8 Å². The van der Waals surface area contributed by atoms with Crippen molar-refractivity contribution in [2.24, 2.45) is 0 Å². The Morgan fingerprint density at radius 3 is 2.44 bits per heavy atom. The lowest BCUT2D eigenvalue weighted by Crippen LogP contribution is -2.16. The van der Waals surface area contributed by atoms with E-state index in [1.165, 1.54) is 35.5 Å². The van der Waals surface area contributed by atoms with E-state index in [1.807, 2.05) is 0 Å². The number of nitrogens with zero attached hydrogens (tertiary/aromatic N) is 3. The summed E-state index contributed by atoms with van der Waals surface area (Å²) in [6.45, 7) is 0. The molecule has 1 amide bonds. The number of benzene rings is 2. The van der Waals surface area contributed by atoms with Crippen LogP contribution in [-0.2, 0) is 6.18 Å². The van der Waals surface area contributed by atoms with E-state index >= 15 is 0 Å². The standard InChI is InChI=1S/C16H10ClF3N4O/c17-12-2-1-3-13(24-9-21-8-22-24)14(12)15(25)23-11-6-4-10(5-7-11)16(18,19)20/h1-9H,(H,23,25). The second kappa shape index (κ2) is 6.56.